The Balaban J connectivity index is 1.82. The first-order valence-electron chi connectivity index (χ1n) is 6.21. The highest BCUT2D eigenvalue weighted by molar-refractivity contribution is 7.12. The van der Waals surface area contributed by atoms with Gasteiger partial charge in [0.05, 0.1) is 0 Å². The summed E-state index contributed by atoms with van der Waals surface area (Å²) in [6.45, 7) is 0. The summed E-state index contributed by atoms with van der Waals surface area (Å²) in [5, 5.41) is 0. The van der Waals surface area contributed by atoms with Crippen molar-refractivity contribution in [2.24, 2.45) is 11.7 Å². The van der Waals surface area contributed by atoms with Crippen LogP contribution in [0, 0.1) is 5.92 Å². The fraction of sp³-hybridized carbons (Fsp3) is 0.692. The molecule has 15 heavy (non-hydrogen) atoms. The highest BCUT2D eigenvalue weighted by atomic mass is 32.1. The molecule has 1 unspecified atom stereocenters. The molecule has 1 aromatic heterocycles. The van der Waals surface area contributed by atoms with E-state index in [0.717, 1.165) is 5.92 Å². The molecule has 1 saturated carbocycles. The fourth-order valence-electron chi connectivity index (χ4n) is 2.71. The summed E-state index contributed by atoms with van der Waals surface area (Å²) in [5.41, 5.74) is 7.93. The molecule has 2 heteroatoms. The molecule has 2 aliphatic carbocycles. The first-order chi connectivity index (χ1) is 7.34. The second-order valence-electron chi connectivity index (χ2n) is 5.02. The van der Waals surface area contributed by atoms with Crippen molar-refractivity contribution in [3.63, 3.8) is 0 Å². The predicted octanol–water partition coefficient (Wildman–Crippen LogP) is 3.43. The Kier molecular flexibility index (Phi) is 2.57. The maximum Gasteiger partial charge on any atom is 0.0418 e. The van der Waals surface area contributed by atoms with E-state index in [4.69, 9.17) is 5.73 Å². The molecule has 2 aliphatic rings. The standard InChI is InChI=1S/C13H19NS/c14-13(9-5-3-6-9)12-8-10-4-1-2-7-11(10)15-12/h8-9,13H,1-7,14H2. The van der Waals surface area contributed by atoms with Crippen LogP contribution in [-0.4, -0.2) is 0 Å². The number of rotatable bonds is 2. The predicted molar refractivity (Wildman–Crippen MR) is 65.2 cm³/mol. The lowest BCUT2D eigenvalue weighted by molar-refractivity contribution is 0.267. The highest BCUT2D eigenvalue weighted by Crippen LogP contribution is 2.40. The van der Waals surface area contributed by atoms with Crippen LogP contribution in [0.2, 0.25) is 0 Å². The Bertz CT molecular complexity index is 328. The lowest BCUT2D eigenvalue weighted by Gasteiger charge is -2.30. The van der Waals surface area contributed by atoms with Crippen molar-refractivity contribution in [3.05, 3.63) is 21.4 Å². The highest BCUT2D eigenvalue weighted by Gasteiger charge is 2.27. The van der Waals surface area contributed by atoms with Gasteiger partial charge in [0.25, 0.3) is 0 Å². The minimum absolute atomic E-state index is 0.342. The van der Waals surface area contributed by atoms with Gasteiger partial charge < -0.3 is 5.73 Å². The second-order valence-corrected chi connectivity index (χ2v) is 6.19. The summed E-state index contributed by atoms with van der Waals surface area (Å²) in [6.07, 6.45) is 9.45. The minimum Gasteiger partial charge on any atom is -0.323 e. The molecule has 1 aromatic rings. The van der Waals surface area contributed by atoms with Gasteiger partial charge in [0, 0.05) is 15.8 Å². The van der Waals surface area contributed by atoms with Gasteiger partial charge in [0.1, 0.15) is 0 Å². The maximum absolute atomic E-state index is 6.32. The zero-order chi connectivity index (χ0) is 10.3. The molecular weight excluding hydrogens is 202 g/mol. The van der Waals surface area contributed by atoms with E-state index in [1.54, 1.807) is 10.4 Å². The SMILES string of the molecule is NC(c1cc2c(s1)CCCC2)C1CCC1. The van der Waals surface area contributed by atoms with Gasteiger partial charge in [-0.15, -0.1) is 11.3 Å². The Hall–Kier alpha value is -0.340. The number of thiophene rings is 1. The molecule has 0 amide bonds. The Morgan fingerprint density at radius 2 is 2.00 bits per heavy atom. The average Bonchev–Trinajstić information content (AvgIpc) is 2.58. The third-order valence-electron chi connectivity index (χ3n) is 4.00. The molecular formula is C13H19NS. The molecule has 0 aromatic carbocycles. The first-order valence-corrected chi connectivity index (χ1v) is 7.03. The third-order valence-corrected chi connectivity index (χ3v) is 5.34. The third kappa shape index (κ3) is 1.74. The largest absolute Gasteiger partial charge is 0.323 e. The lowest BCUT2D eigenvalue weighted by atomic mass is 9.79. The van der Waals surface area contributed by atoms with E-state index in [1.165, 1.54) is 49.8 Å². The average molecular weight is 221 g/mol. The lowest BCUT2D eigenvalue weighted by Crippen LogP contribution is -2.25. The summed E-state index contributed by atoms with van der Waals surface area (Å²) in [6, 6.07) is 2.75. The number of nitrogens with two attached hydrogens (primary N) is 1. The van der Waals surface area contributed by atoms with Gasteiger partial charge in [-0.2, -0.15) is 0 Å². The monoisotopic (exact) mass is 221 g/mol. The molecule has 1 nitrogen and oxygen atoms in total. The van der Waals surface area contributed by atoms with Crippen molar-refractivity contribution >= 4 is 11.3 Å². The van der Waals surface area contributed by atoms with Crippen LogP contribution in [0.4, 0.5) is 0 Å². The molecule has 1 atom stereocenters. The zero-order valence-electron chi connectivity index (χ0n) is 9.17. The summed E-state index contributed by atoms with van der Waals surface area (Å²) in [5.74, 6) is 0.783. The van der Waals surface area contributed by atoms with Crippen molar-refractivity contribution in [3.8, 4) is 0 Å². The van der Waals surface area contributed by atoms with E-state index in [2.05, 4.69) is 6.07 Å². The molecule has 2 N–H and O–H groups in total. The van der Waals surface area contributed by atoms with E-state index >= 15 is 0 Å². The number of hydrogen-bond donors (Lipinski definition) is 1. The van der Waals surface area contributed by atoms with Crippen molar-refractivity contribution < 1.29 is 0 Å². The molecule has 0 bridgehead atoms. The van der Waals surface area contributed by atoms with E-state index < -0.39 is 0 Å². The molecule has 0 aliphatic heterocycles. The fourth-order valence-corrected chi connectivity index (χ4v) is 4.06. The van der Waals surface area contributed by atoms with Crippen LogP contribution < -0.4 is 5.73 Å². The number of aryl methyl sites for hydroxylation is 2. The summed E-state index contributed by atoms with van der Waals surface area (Å²) in [4.78, 5) is 3.10. The van der Waals surface area contributed by atoms with Gasteiger partial charge in [-0.05, 0) is 56.1 Å². The van der Waals surface area contributed by atoms with Gasteiger partial charge in [-0.3, -0.25) is 0 Å². The second kappa shape index (κ2) is 3.91. The van der Waals surface area contributed by atoms with Crippen LogP contribution in [0.15, 0.2) is 6.07 Å². The van der Waals surface area contributed by atoms with Crippen molar-refractivity contribution in [2.45, 2.75) is 51.0 Å². The number of fused-ring (bicyclic) bond motifs is 1. The summed E-state index contributed by atoms with van der Waals surface area (Å²) < 4.78 is 0. The topological polar surface area (TPSA) is 26.0 Å². The van der Waals surface area contributed by atoms with Crippen molar-refractivity contribution in [1.29, 1.82) is 0 Å². The maximum atomic E-state index is 6.32. The zero-order valence-corrected chi connectivity index (χ0v) is 9.98. The van der Waals surface area contributed by atoms with E-state index in [1.807, 2.05) is 11.3 Å². The summed E-state index contributed by atoms with van der Waals surface area (Å²) in [7, 11) is 0. The smallest absolute Gasteiger partial charge is 0.0418 e. The van der Waals surface area contributed by atoms with Crippen LogP contribution in [0.1, 0.15) is 53.5 Å². The Labute approximate surface area is 95.7 Å². The first kappa shape index (κ1) is 9.86. The summed E-state index contributed by atoms with van der Waals surface area (Å²) >= 11 is 2.00. The quantitative estimate of drug-likeness (QED) is 0.813. The van der Waals surface area contributed by atoms with Gasteiger partial charge in [0.15, 0.2) is 0 Å². The molecule has 1 fully saturated rings. The van der Waals surface area contributed by atoms with Crippen LogP contribution >= 0.6 is 11.3 Å². The van der Waals surface area contributed by atoms with E-state index in [9.17, 15) is 0 Å². The molecule has 0 radical (unpaired) electrons. The van der Waals surface area contributed by atoms with Crippen LogP contribution in [0.3, 0.4) is 0 Å². The normalized spacial score (nSPS) is 23.3. The molecule has 0 spiro atoms. The van der Waals surface area contributed by atoms with Gasteiger partial charge >= 0.3 is 0 Å². The van der Waals surface area contributed by atoms with Gasteiger partial charge in [-0.25, -0.2) is 0 Å². The van der Waals surface area contributed by atoms with Gasteiger partial charge in [0.2, 0.25) is 0 Å². The van der Waals surface area contributed by atoms with Crippen molar-refractivity contribution in [1.82, 2.24) is 0 Å². The Morgan fingerprint density at radius 3 is 2.67 bits per heavy atom. The van der Waals surface area contributed by atoms with E-state index in [-0.39, 0.29) is 0 Å². The molecule has 82 valence electrons. The van der Waals surface area contributed by atoms with Crippen LogP contribution in [0.25, 0.3) is 0 Å². The van der Waals surface area contributed by atoms with Crippen LogP contribution in [-0.2, 0) is 12.8 Å². The van der Waals surface area contributed by atoms with Crippen LogP contribution in [0.5, 0.6) is 0 Å². The Morgan fingerprint density at radius 1 is 1.20 bits per heavy atom. The minimum atomic E-state index is 0.342. The molecule has 0 saturated heterocycles. The van der Waals surface area contributed by atoms with E-state index in [0.29, 0.717) is 6.04 Å². The number of hydrogen-bond acceptors (Lipinski definition) is 2. The molecule has 1 heterocycles. The van der Waals surface area contributed by atoms with Gasteiger partial charge in [-0.1, -0.05) is 6.42 Å². The molecule has 3 rings (SSSR count). The van der Waals surface area contributed by atoms with Crippen molar-refractivity contribution in [2.75, 3.05) is 0 Å².